The Bertz CT molecular complexity index is 1410. The van der Waals surface area contributed by atoms with Crippen LogP contribution in [0.5, 0.6) is 0 Å². The molecule has 406 valence electrons. The predicted octanol–water partition coefficient (Wildman–Crippen LogP) is 16.4. The van der Waals surface area contributed by atoms with Gasteiger partial charge >= 0.3 is 25.7 Å². The second kappa shape index (κ2) is 52.5. The van der Waals surface area contributed by atoms with E-state index in [9.17, 15) is 28.9 Å². The van der Waals surface area contributed by atoms with Crippen molar-refractivity contribution in [3.05, 3.63) is 60.8 Å². The molecule has 0 aromatic carbocycles. The van der Waals surface area contributed by atoms with Crippen LogP contribution in [0.2, 0.25) is 0 Å². The molecular weight excluding hydrogens is 904 g/mol. The van der Waals surface area contributed by atoms with Gasteiger partial charge in [0.25, 0.3) is 0 Å². The highest BCUT2D eigenvalue weighted by atomic mass is 31.2. The Hall–Kier alpha value is -2.82. The Morgan fingerprint density at radius 3 is 1.17 bits per heavy atom. The van der Waals surface area contributed by atoms with Crippen molar-refractivity contribution in [3.8, 4) is 0 Å². The summed E-state index contributed by atoms with van der Waals surface area (Å²) in [6.07, 6.45) is 56.1. The molecule has 0 heterocycles. The Morgan fingerprint density at radius 1 is 0.400 bits per heavy atom. The Balaban J connectivity index is 4.71. The Morgan fingerprint density at radius 2 is 0.743 bits per heavy atom. The van der Waals surface area contributed by atoms with Crippen molar-refractivity contribution in [2.24, 2.45) is 0 Å². The van der Waals surface area contributed by atoms with Gasteiger partial charge in [0.2, 0.25) is 0 Å². The molecule has 3 atom stereocenters. The topological polar surface area (TPSA) is 155 Å². The zero-order valence-corrected chi connectivity index (χ0v) is 45.6. The predicted molar refractivity (Wildman–Crippen MR) is 288 cm³/mol. The Kier molecular flexibility index (Phi) is 50.4. The third kappa shape index (κ3) is 50.1. The Labute approximate surface area is 427 Å². The van der Waals surface area contributed by atoms with Gasteiger partial charge in [-0.15, -0.1) is 0 Å². The monoisotopic (exact) mass is 1010 g/mol. The first-order valence-corrected chi connectivity index (χ1v) is 29.7. The molecule has 0 aliphatic heterocycles. The number of rotatable bonds is 52. The van der Waals surface area contributed by atoms with Crippen LogP contribution in [0.25, 0.3) is 0 Å². The molecule has 3 unspecified atom stereocenters. The van der Waals surface area contributed by atoms with E-state index >= 15 is 0 Å². The second-order valence-corrected chi connectivity index (χ2v) is 20.2. The maximum absolute atomic E-state index is 12.9. The molecule has 0 amide bonds. The van der Waals surface area contributed by atoms with Gasteiger partial charge in [-0.1, -0.05) is 197 Å². The summed E-state index contributed by atoms with van der Waals surface area (Å²) in [5, 5.41) is 9.78. The first-order chi connectivity index (χ1) is 34.2. The normalized spacial score (nSPS) is 13.8. The third-order valence-electron chi connectivity index (χ3n) is 11.9. The van der Waals surface area contributed by atoms with E-state index in [2.05, 4.69) is 81.5 Å². The quantitative estimate of drug-likeness (QED) is 0.0197. The molecule has 0 saturated carbocycles. The van der Waals surface area contributed by atoms with E-state index in [-0.39, 0.29) is 25.9 Å². The minimum atomic E-state index is -4.75. The van der Waals surface area contributed by atoms with Crippen LogP contribution in [0.15, 0.2) is 60.8 Å². The molecular formula is C58H103O11P. The van der Waals surface area contributed by atoms with Crippen LogP contribution >= 0.6 is 7.82 Å². The molecule has 11 nitrogen and oxygen atoms in total. The number of allylic oxidation sites excluding steroid dienone is 10. The first kappa shape index (κ1) is 67.2. The van der Waals surface area contributed by atoms with Crippen molar-refractivity contribution in [2.45, 2.75) is 264 Å². The van der Waals surface area contributed by atoms with Crippen molar-refractivity contribution in [1.82, 2.24) is 0 Å². The summed E-state index contributed by atoms with van der Waals surface area (Å²) in [6, 6.07) is 0. The van der Waals surface area contributed by atoms with Gasteiger partial charge in [0, 0.05) is 19.3 Å². The fraction of sp³-hybridized carbons (Fsp3) is 0.776. The molecule has 70 heavy (non-hydrogen) atoms. The van der Waals surface area contributed by atoms with Crippen molar-refractivity contribution in [1.29, 1.82) is 0 Å². The van der Waals surface area contributed by atoms with Gasteiger partial charge in [0.1, 0.15) is 12.7 Å². The zero-order chi connectivity index (χ0) is 51.3. The highest BCUT2D eigenvalue weighted by molar-refractivity contribution is 7.47. The van der Waals surface area contributed by atoms with Crippen LogP contribution in [0.3, 0.4) is 0 Å². The lowest BCUT2D eigenvalue weighted by Crippen LogP contribution is -2.30. The number of unbranched alkanes of at least 4 members (excludes halogenated alkanes) is 25. The molecule has 0 fully saturated rings. The smallest absolute Gasteiger partial charge is 0.462 e. The summed E-state index contributed by atoms with van der Waals surface area (Å²) < 4.78 is 39.4. The second-order valence-electron chi connectivity index (χ2n) is 18.7. The molecule has 2 N–H and O–H groups in total. The number of aliphatic hydroxyl groups excluding tert-OH is 1. The molecule has 12 heteroatoms. The summed E-state index contributed by atoms with van der Waals surface area (Å²) >= 11 is 0. The van der Waals surface area contributed by atoms with E-state index in [0.29, 0.717) is 19.3 Å². The number of carbonyl (C=O) groups is 3. The molecule has 0 bridgehead atoms. The van der Waals surface area contributed by atoms with Crippen molar-refractivity contribution < 1.29 is 52.2 Å². The highest BCUT2D eigenvalue weighted by Crippen LogP contribution is 2.43. The maximum atomic E-state index is 12.9. The average Bonchev–Trinajstić information content (AvgIpc) is 3.35. The molecule has 0 radical (unpaired) electrons. The summed E-state index contributed by atoms with van der Waals surface area (Å²) in [6.45, 7) is 4.49. The number of phosphoric acid groups is 1. The first-order valence-electron chi connectivity index (χ1n) is 28.2. The van der Waals surface area contributed by atoms with Gasteiger partial charge in [-0.05, 0) is 96.3 Å². The van der Waals surface area contributed by atoms with Gasteiger partial charge in [0.05, 0.1) is 19.8 Å². The minimum absolute atomic E-state index is 0.150. The number of hydrogen-bond acceptors (Lipinski definition) is 10. The van der Waals surface area contributed by atoms with Gasteiger partial charge in [0.15, 0.2) is 6.10 Å². The molecule has 0 spiro atoms. The number of aliphatic hydroxyl groups is 1. The van der Waals surface area contributed by atoms with Crippen molar-refractivity contribution in [2.75, 3.05) is 26.4 Å². The number of ether oxygens (including phenoxy) is 3. The van der Waals surface area contributed by atoms with E-state index in [4.69, 9.17) is 23.3 Å². The van der Waals surface area contributed by atoms with E-state index in [1.54, 1.807) is 0 Å². The molecule has 0 saturated heterocycles. The summed E-state index contributed by atoms with van der Waals surface area (Å²) in [7, 11) is -4.75. The van der Waals surface area contributed by atoms with Gasteiger partial charge in [-0.25, -0.2) is 4.57 Å². The lowest BCUT2D eigenvalue weighted by atomic mass is 10.1. The van der Waals surface area contributed by atoms with Crippen molar-refractivity contribution in [3.63, 3.8) is 0 Å². The van der Waals surface area contributed by atoms with Gasteiger partial charge < -0.3 is 24.2 Å². The third-order valence-corrected chi connectivity index (χ3v) is 12.8. The van der Waals surface area contributed by atoms with Crippen LogP contribution in [-0.2, 0) is 42.2 Å². The SMILES string of the molecule is CCC/C=C\C/C=C\CCCCCCCC(=O)OC(COC(=O)CCCCCCCCCCC/C=C\C/C=C\CCCCC)COP(=O)(O)OCC(CO)OC(=O)CCCCCCC/C=C\CCCC. The average molecular weight is 1010 g/mol. The molecule has 0 aliphatic carbocycles. The van der Waals surface area contributed by atoms with Gasteiger partial charge in [-0.2, -0.15) is 0 Å². The van der Waals surface area contributed by atoms with Crippen LogP contribution in [0.4, 0.5) is 0 Å². The van der Waals surface area contributed by atoms with Crippen molar-refractivity contribution >= 4 is 25.7 Å². The molecule has 0 aromatic rings. The molecule has 0 rings (SSSR count). The minimum Gasteiger partial charge on any atom is -0.462 e. The van der Waals surface area contributed by atoms with Crippen LogP contribution in [0.1, 0.15) is 252 Å². The number of phosphoric ester groups is 1. The summed E-state index contributed by atoms with van der Waals surface area (Å²) in [4.78, 5) is 48.4. The molecule has 0 aliphatic rings. The standard InChI is InChI=1S/C58H103O11P/c1-4-7-10-13-16-19-22-24-25-26-27-28-29-31-33-35-38-41-44-47-56(60)65-51-55(69-58(62)49-46-43-40-37-34-30-23-20-17-14-11-8-5-2)53-67-70(63,64)66-52-54(50-59)68-57(61)48-45-42-39-36-32-21-18-15-12-9-6-3/h11,14-16,18-20,23-25,54-55,59H,4-10,12-13,17,21-22,26-53H2,1-3H3,(H,63,64)/b14-11-,18-15-,19-16-,23-20-,25-24-. The van der Waals surface area contributed by atoms with Gasteiger partial charge in [-0.3, -0.25) is 23.4 Å². The van der Waals surface area contributed by atoms with Crippen LogP contribution < -0.4 is 0 Å². The summed E-state index contributed by atoms with van der Waals surface area (Å²) in [5.41, 5.74) is 0. The van der Waals surface area contributed by atoms with E-state index in [1.165, 1.54) is 70.6 Å². The van der Waals surface area contributed by atoms with Crippen LogP contribution in [-0.4, -0.2) is 66.5 Å². The highest BCUT2D eigenvalue weighted by Gasteiger charge is 2.28. The lowest BCUT2D eigenvalue weighted by molar-refractivity contribution is -0.161. The van der Waals surface area contributed by atoms with E-state index < -0.39 is 57.8 Å². The fourth-order valence-corrected chi connectivity index (χ4v) is 8.31. The fourth-order valence-electron chi connectivity index (χ4n) is 7.52. The maximum Gasteiger partial charge on any atom is 0.472 e. The number of esters is 3. The number of carbonyl (C=O) groups excluding carboxylic acids is 3. The van der Waals surface area contributed by atoms with E-state index in [1.807, 2.05) is 0 Å². The molecule has 0 aromatic heterocycles. The lowest BCUT2D eigenvalue weighted by Gasteiger charge is -2.21. The van der Waals surface area contributed by atoms with E-state index in [0.717, 1.165) is 122 Å². The number of hydrogen-bond donors (Lipinski definition) is 2. The zero-order valence-electron chi connectivity index (χ0n) is 44.7. The summed E-state index contributed by atoms with van der Waals surface area (Å²) in [5.74, 6) is -1.49. The largest absolute Gasteiger partial charge is 0.472 e. The van der Waals surface area contributed by atoms with Crippen LogP contribution in [0, 0.1) is 0 Å².